The van der Waals surface area contributed by atoms with E-state index in [-0.39, 0.29) is 21.2 Å². The summed E-state index contributed by atoms with van der Waals surface area (Å²) in [4.78, 5) is 14.5. The maximum atomic E-state index is 13.0. The molecule has 0 aliphatic carbocycles. The molecule has 0 saturated heterocycles. The summed E-state index contributed by atoms with van der Waals surface area (Å²) in [6.45, 7) is 0. The summed E-state index contributed by atoms with van der Waals surface area (Å²) < 4.78 is 13.0. The van der Waals surface area contributed by atoms with Crippen LogP contribution in [0.4, 0.5) is 4.39 Å². The molecule has 1 N–H and O–H groups in total. The van der Waals surface area contributed by atoms with E-state index >= 15 is 0 Å². The number of benzene rings is 1. The topological polar surface area (TPSA) is 50.2 Å². The van der Waals surface area contributed by atoms with Crippen molar-refractivity contribution < 1.29 is 14.3 Å². The van der Waals surface area contributed by atoms with E-state index in [1.807, 2.05) is 0 Å². The zero-order valence-electron chi connectivity index (χ0n) is 8.82. The number of carbonyl (C=O) groups is 1. The standard InChI is InChI=1S/C12H6Cl2FNO2/c13-8-2-1-3-9(14)11(8)7-5-16-10(15)4-6(7)12(17)18/h1-5H,(H,17,18). The van der Waals surface area contributed by atoms with E-state index in [0.29, 0.717) is 5.56 Å². The second-order valence-electron chi connectivity index (χ2n) is 3.45. The van der Waals surface area contributed by atoms with Crippen molar-refractivity contribution in [2.75, 3.05) is 0 Å². The monoisotopic (exact) mass is 285 g/mol. The van der Waals surface area contributed by atoms with Crippen molar-refractivity contribution in [3.63, 3.8) is 0 Å². The zero-order chi connectivity index (χ0) is 13.3. The molecule has 18 heavy (non-hydrogen) atoms. The molecular weight excluding hydrogens is 280 g/mol. The number of carboxylic acids is 1. The minimum atomic E-state index is -1.28. The van der Waals surface area contributed by atoms with Crippen LogP contribution in [-0.4, -0.2) is 16.1 Å². The molecule has 6 heteroatoms. The van der Waals surface area contributed by atoms with Gasteiger partial charge in [0, 0.05) is 33.4 Å². The van der Waals surface area contributed by atoms with Gasteiger partial charge >= 0.3 is 5.97 Å². The Kier molecular flexibility index (Phi) is 3.50. The Morgan fingerprint density at radius 2 is 1.89 bits per heavy atom. The quantitative estimate of drug-likeness (QED) is 0.852. The predicted molar refractivity (Wildman–Crippen MR) is 66.6 cm³/mol. The highest BCUT2D eigenvalue weighted by Gasteiger charge is 2.18. The minimum Gasteiger partial charge on any atom is -0.478 e. The summed E-state index contributed by atoms with van der Waals surface area (Å²) >= 11 is 12.0. The summed E-state index contributed by atoms with van der Waals surface area (Å²) in [6, 6.07) is 5.60. The first kappa shape index (κ1) is 12.8. The van der Waals surface area contributed by atoms with Gasteiger partial charge in [0.25, 0.3) is 0 Å². The van der Waals surface area contributed by atoms with E-state index in [1.54, 1.807) is 18.2 Å². The molecule has 1 aromatic heterocycles. The Hall–Kier alpha value is -1.65. The van der Waals surface area contributed by atoms with E-state index in [0.717, 1.165) is 12.3 Å². The Labute approximate surface area is 112 Å². The third-order valence-corrected chi connectivity index (χ3v) is 2.96. The minimum absolute atomic E-state index is 0.180. The number of aromatic nitrogens is 1. The average Bonchev–Trinajstić information content (AvgIpc) is 2.30. The lowest BCUT2D eigenvalue weighted by Gasteiger charge is -2.09. The molecule has 0 aliphatic heterocycles. The Balaban J connectivity index is 2.75. The number of rotatable bonds is 2. The fourth-order valence-electron chi connectivity index (χ4n) is 1.56. The molecule has 2 rings (SSSR count). The van der Waals surface area contributed by atoms with Crippen LogP contribution < -0.4 is 0 Å². The summed E-state index contributed by atoms with van der Waals surface area (Å²) in [6.07, 6.45) is 1.10. The summed E-state index contributed by atoms with van der Waals surface area (Å²) in [5, 5.41) is 9.61. The van der Waals surface area contributed by atoms with Crippen molar-refractivity contribution in [2.24, 2.45) is 0 Å². The number of aromatic carboxylic acids is 1. The van der Waals surface area contributed by atoms with Gasteiger partial charge in [0.15, 0.2) is 0 Å². The Bertz CT molecular complexity index is 611. The number of nitrogens with zero attached hydrogens (tertiary/aromatic N) is 1. The van der Waals surface area contributed by atoms with Gasteiger partial charge in [-0.15, -0.1) is 0 Å². The second-order valence-corrected chi connectivity index (χ2v) is 4.27. The van der Waals surface area contributed by atoms with E-state index in [4.69, 9.17) is 28.3 Å². The molecule has 0 radical (unpaired) electrons. The SMILES string of the molecule is O=C(O)c1cc(F)ncc1-c1c(Cl)cccc1Cl. The number of carboxylic acid groups (broad SMARTS) is 1. The van der Waals surface area contributed by atoms with Crippen LogP contribution in [0.15, 0.2) is 30.5 Å². The highest BCUT2D eigenvalue weighted by molar-refractivity contribution is 6.39. The number of hydrogen-bond acceptors (Lipinski definition) is 2. The van der Waals surface area contributed by atoms with Crippen molar-refractivity contribution in [2.45, 2.75) is 0 Å². The first-order chi connectivity index (χ1) is 8.50. The smallest absolute Gasteiger partial charge is 0.336 e. The molecule has 92 valence electrons. The molecule has 0 spiro atoms. The van der Waals surface area contributed by atoms with Gasteiger partial charge in [0.05, 0.1) is 5.56 Å². The van der Waals surface area contributed by atoms with Gasteiger partial charge in [0.2, 0.25) is 5.95 Å². The highest BCUT2D eigenvalue weighted by atomic mass is 35.5. The van der Waals surface area contributed by atoms with Gasteiger partial charge in [0.1, 0.15) is 0 Å². The second kappa shape index (κ2) is 4.92. The van der Waals surface area contributed by atoms with Crippen molar-refractivity contribution >= 4 is 29.2 Å². The summed E-state index contributed by atoms with van der Waals surface area (Å²) in [5.41, 5.74) is 0.266. The van der Waals surface area contributed by atoms with Crippen LogP contribution in [0.3, 0.4) is 0 Å². The molecular formula is C12H6Cl2FNO2. The van der Waals surface area contributed by atoms with E-state index in [9.17, 15) is 9.18 Å². The third-order valence-electron chi connectivity index (χ3n) is 2.33. The van der Waals surface area contributed by atoms with Gasteiger partial charge in [-0.3, -0.25) is 0 Å². The van der Waals surface area contributed by atoms with Crippen LogP contribution in [0.2, 0.25) is 10.0 Å². The fraction of sp³-hybridized carbons (Fsp3) is 0. The third kappa shape index (κ3) is 2.30. The predicted octanol–water partition coefficient (Wildman–Crippen LogP) is 3.89. The van der Waals surface area contributed by atoms with Gasteiger partial charge in [-0.05, 0) is 12.1 Å². The molecule has 0 atom stereocenters. The number of halogens is 3. The first-order valence-corrected chi connectivity index (χ1v) is 5.59. The number of hydrogen-bond donors (Lipinski definition) is 1. The zero-order valence-corrected chi connectivity index (χ0v) is 10.3. The lowest BCUT2D eigenvalue weighted by molar-refractivity contribution is 0.0697. The molecule has 0 aliphatic rings. The first-order valence-electron chi connectivity index (χ1n) is 4.84. The molecule has 2 aromatic rings. The average molecular weight is 286 g/mol. The molecule has 0 bridgehead atoms. The Morgan fingerprint density at radius 1 is 1.28 bits per heavy atom. The molecule has 0 fully saturated rings. The van der Waals surface area contributed by atoms with Crippen molar-refractivity contribution in [1.82, 2.24) is 4.98 Å². The molecule has 1 heterocycles. The molecule has 0 amide bonds. The van der Waals surface area contributed by atoms with Crippen molar-refractivity contribution in [1.29, 1.82) is 0 Å². The van der Waals surface area contributed by atoms with Crippen LogP contribution in [0.25, 0.3) is 11.1 Å². The van der Waals surface area contributed by atoms with E-state index < -0.39 is 11.9 Å². The van der Waals surface area contributed by atoms with E-state index in [1.165, 1.54) is 0 Å². The molecule has 1 aromatic carbocycles. The largest absolute Gasteiger partial charge is 0.478 e. The van der Waals surface area contributed by atoms with Gasteiger partial charge in [-0.25, -0.2) is 9.78 Å². The van der Waals surface area contributed by atoms with Crippen molar-refractivity contribution in [3.05, 3.63) is 52.0 Å². The highest BCUT2D eigenvalue weighted by Crippen LogP contribution is 2.36. The molecule has 0 saturated carbocycles. The lowest BCUT2D eigenvalue weighted by atomic mass is 10.0. The van der Waals surface area contributed by atoms with Crippen molar-refractivity contribution in [3.8, 4) is 11.1 Å². The van der Waals surface area contributed by atoms with Gasteiger partial charge < -0.3 is 5.11 Å². The lowest BCUT2D eigenvalue weighted by Crippen LogP contribution is -2.02. The van der Waals surface area contributed by atoms with Crippen LogP contribution in [-0.2, 0) is 0 Å². The van der Waals surface area contributed by atoms with Crippen LogP contribution in [0, 0.1) is 5.95 Å². The summed E-state index contributed by atoms with van der Waals surface area (Å²) in [5.74, 6) is -2.15. The molecule has 3 nitrogen and oxygen atoms in total. The van der Waals surface area contributed by atoms with E-state index in [2.05, 4.69) is 4.98 Å². The van der Waals surface area contributed by atoms with Gasteiger partial charge in [-0.2, -0.15) is 4.39 Å². The maximum absolute atomic E-state index is 13.0. The van der Waals surface area contributed by atoms with Crippen LogP contribution in [0.1, 0.15) is 10.4 Å². The Morgan fingerprint density at radius 3 is 2.44 bits per heavy atom. The molecule has 0 unspecified atom stereocenters. The number of pyridine rings is 1. The normalized spacial score (nSPS) is 10.4. The summed E-state index contributed by atoms with van der Waals surface area (Å²) in [7, 11) is 0. The fourth-order valence-corrected chi connectivity index (χ4v) is 2.16. The van der Waals surface area contributed by atoms with Crippen LogP contribution >= 0.6 is 23.2 Å². The maximum Gasteiger partial charge on any atom is 0.336 e. The van der Waals surface area contributed by atoms with Gasteiger partial charge in [-0.1, -0.05) is 29.3 Å². The van der Waals surface area contributed by atoms with Crippen LogP contribution in [0.5, 0.6) is 0 Å².